The van der Waals surface area contributed by atoms with Crippen LogP contribution >= 0.6 is 27.7 Å². The average molecular weight is 325 g/mol. The number of nitrogen functional groups attached to an aromatic ring is 1. The first kappa shape index (κ1) is 13.1. The smallest absolute Gasteiger partial charge is 0.137 e. The van der Waals surface area contributed by atoms with Gasteiger partial charge in [0.25, 0.3) is 0 Å². The van der Waals surface area contributed by atoms with Gasteiger partial charge in [-0.25, -0.2) is 4.39 Å². The predicted molar refractivity (Wildman–Crippen MR) is 75.7 cm³/mol. The fraction of sp³-hybridized carbons (Fsp3) is 0. The lowest BCUT2D eigenvalue weighted by Gasteiger charge is -2.10. The van der Waals surface area contributed by atoms with Crippen molar-refractivity contribution in [2.24, 2.45) is 5.73 Å². The zero-order valence-electron chi connectivity index (χ0n) is 9.28. The molecule has 0 unspecified atom stereocenters. The van der Waals surface area contributed by atoms with E-state index < -0.39 is 0 Å². The van der Waals surface area contributed by atoms with Crippen LogP contribution in [0, 0.1) is 11.2 Å². The van der Waals surface area contributed by atoms with Crippen LogP contribution in [0.1, 0.15) is 5.56 Å². The van der Waals surface area contributed by atoms with E-state index in [0.717, 1.165) is 9.37 Å². The molecule has 3 N–H and O–H groups in total. The topological polar surface area (TPSA) is 49.9 Å². The highest BCUT2D eigenvalue weighted by atomic mass is 79.9. The zero-order chi connectivity index (χ0) is 13.1. The molecular weight excluding hydrogens is 315 g/mol. The number of hydrogen-bond acceptors (Lipinski definition) is 2. The molecule has 0 saturated heterocycles. The van der Waals surface area contributed by atoms with Crippen molar-refractivity contribution in [2.75, 3.05) is 0 Å². The first-order valence-corrected chi connectivity index (χ1v) is 6.76. The summed E-state index contributed by atoms with van der Waals surface area (Å²) in [7, 11) is 0. The standard InChI is InChI=1S/C13H10BrFN2S/c14-8-4-3-7-11(12(8)13(16)17)18-10-6-2-1-5-9(10)15/h1-7H,(H3,16,17). The molecule has 0 aliphatic rings. The monoisotopic (exact) mass is 324 g/mol. The minimum absolute atomic E-state index is 0.0404. The number of rotatable bonds is 3. The second-order valence-electron chi connectivity index (χ2n) is 3.56. The van der Waals surface area contributed by atoms with Gasteiger partial charge >= 0.3 is 0 Å². The molecule has 0 radical (unpaired) electrons. The van der Waals surface area contributed by atoms with Crippen LogP contribution in [0.25, 0.3) is 0 Å². The van der Waals surface area contributed by atoms with Gasteiger partial charge in [0.15, 0.2) is 0 Å². The lowest BCUT2D eigenvalue weighted by Crippen LogP contribution is -2.13. The van der Waals surface area contributed by atoms with Crippen LogP contribution < -0.4 is 5.73 Å². The summed E-state index contributed by atoms with van der Waals surface area (Å²) >= 11 is 4.61. The van der Waals surface area contributed by atoms with Crippen LogP contribution in [-0.4, -0.2) is 5.84 Å². The van der Waals surface area contributed by atoms with Crippen LogP contribution in [0.3, 0.4) is 0 Å². The van der Waals surface area contributed by atoms with Crippen molar-refractivity contribution in [3.63, 3.8) is 0 Å². The van der Waals surface area contributed by atoms with Crippen molar-refractivity contribution in [3.8, 4) is 0 Å². The Morgan fingerprint density at radius 2 is 1.78 bits per heavy atom. The fourth-order valence-electron chi connectivity index (χ4n) is 1.50. The molecule has 0 spiro atoms. The van der Waals surface area contributed by atoms with E-state index in [1.165, 1.54) is 17.8 Å². The minimum atomic E-state index is -0.281. The Labute approximate surface area is 117 Å². The molecule has 0 fully saturated rings. The van der Waals surface area contributed by atoms with Gasteiger partial charge in [-0.1, -0.05) is 30.0 Å². The maximum absolute atomic E-state index is 13.6. The summed E-state index contributed by atoms with van der Waals surface area (Å²) in [5.74, 6) is -0.321. The molecule has 2 nitrogen and oxygen atoms in total. The third-order valence-corrected chi connectivity index (χ3v) is 4.07. The number of benzene rings is 2. The largest absolute Gasteiger partial charge is 0.384 e. The zero-order valence-corrected chi connectivity index (χ0v) is 11.7. The fourth-order valence-corrected chi connectivity index (χ4v) is 3.23. The summed E-state index contributed by atoms with van der Waals surface area (Å²) in [5.41, 5.74) is 6.14. The van der Waals surface area contributed by atoms with E-state index in [1.54, 1.807) is 18.2 Å². The number of nitrogens with two attached hydrogens (primary N) is 1. The molecule has 0 atom stereocenters. The number of hydrogen-bond donors (Lipinski definition) is 2. The number of halogens is 2. The Morgan fingerprint density at radius 3 is 2.44 bits per heavy atom. The summed E-state index contributed by atoms with van der Waals surface area (Å²) < 4.78 is 14.3. The van der Waals surface area contributed by atoms with Crippen LogP contribution in [0.15, 0.2) is 56.7 Å². The molecule has 0 amide bonds. The number of nitrogens with one attached hydrogen (secondary N) is 1. The van der Waals surface area contributed by atoms with E-state index in [9.17, 15) is 4.39 Å². The van der Waals surface area contributed by atoms with Gasteiger partial charge in [0.05, 0.1) is 0 Å². The van der Waals surface area contributed by atoms with E-state index in [1.807, 2.05) is 18.2 Å². The van der Waals surface area contributed by atoms with Crippen molar-refractivity contribution in [1.29, 1.82) is 5.41 Å². The predicted octanol–water partition coefficient (Wildman–Crippen LogP) is 4.02. The normalized spacial score (nSPS) is 10.3. The molecule has 0 heterocycles. The Kier molecular flexibility index (Phi) is 4.04. The third-order valence-electron chi connectivity index (χ3n) is 2.30. The summed E-state index contributed by atoms with van der Waals surface area (Å²) in [6, 6.07) is 12.0. The van der Waals surface area contributed by atoms with Crippen molar-refractivity contribution in [3.05, 3.63) is 58.3 Å². The first-order valence-electron chi connectivity index (χ1n) is 5.15. The molecule has 18 heavy (non-hydrogen) atoms. The van der Waals surface area contributed by atoms with Crippen molar-refractivity contribution in [2.45, 2.75) is 9.79 Å². The van der Waals surface area contributed by atoms with Gasteiger partial charge in [-0.2, -0.15) is 0 Å². The van der Waals surface area contributed by atoms with E-state index in [2.05, 4.69) is 15.9 Å². The Balaban J connectivity index is 2.44. The van der Waals surface area contributed by atoms with Crippen LogP contribution in [0.2, 0.25) is 0 Å². The van der Waals surface area contributed by atoms with E-state index in [4.69, 9.17) is 11.1 Å². The van der Waals surface area contributed by atoms with Gasteiger partial charge in [-0.3, -0.25) is 5.41 Å². The highest BCUT2D eigenvalue weighted by Gasteiger charge is 2.12. The van der Waals surface area contributed by atoms with Crippen LogP contribution in [0.4, 0.5) is 4.39 Å². The second kappa shape index (κ2) is 5.54. The molecular formula is C13H10BrFN2S. The maximum Gasteiger partial charge on any atom is 0.137 e. The van der Waals surface area contributed by atoms with E-state index >= 15 is 0 Å². The second-order valence-corrected chi connectivity index (χ2v) is 5.50. The highest BCUT2D eigenvalue weighted by molar-refractivity contribution is 9.10. The summed E-state index contributed by atoms with van der Waals surface area (Å²) in [6.45, 7) is 0. The number of amidine groups is 1. The lowest BCUT2D eigenvalue weighted by atomic mass is 10.2. The molecule has 0 bridgehead atoms. The molecule has 92 valence electrons. The molecule has 0 aromatic heterocycles. The molecule has 0 saturated carbocycles. The van der Waals surface area contributed by atoms with Gasteiger partial charge in [-0.05, 0) is 40.2 Å². The van der Waals surface area contributed by atoms with Crippen LogP contribution in [0.5, 0.6) is 0 Å². The molecule has 2 aromatic rings. The van der Waals surface area contributed by atoms with Crippen molar-refractivity contribution in [1.82, 2.24) is 0 Å². The van der Waals surface area contributed by atoms with Crippen molar-refractivity contribution >= 4 is 33.5 Å². The molecule has 2 aromatic carbocycles. The van der Waals surface area contributed by atoms with Gasteiger partial charge in [0.1, 0.15) is 11.7 Å². The quantitative estimate of drug-likeness (QED) is 0.661. The van der Waals surface area contributed by atoms with Gasteiger partial charge in [-0.15, -0.1) is 0 Å². The summed E-state index contributed by atoms with van der Waals surface area (Å²) in [5, 5.41) is 7.58. The minimum Gasteiger partial charge on any atom is -0.384 e. The highest BCUT2D eigenvalue weighted by Crippen LogP contribution is 2.34. The van der Waals surface area contributed by atoms with Gasteiger partial charge in [0.2, 0.25) is 0 Å². The molecule has 5 heteroatoms. The summed E-state index contributed by atoms with van der Waals surface area (Å²) in [6.07, 6.45) is 0. The summed E-state index contributed by atoms with van der Waals surface area (Å²) in [4.78, 5) is 1.26. The molecule has 2 rings (SSSR count). The van der Waals surface area contributed by atoms with Crippen molar-refractivity contribution < 1.29 is 4.39 Å². The SMILES string of the molecule is N=C(N)c1c(Br)cccc1Sc1ccccc1F. The van der Waals surface area contributed by atoms with Gasteiger partial charge < -0.3 is 5.73 Å². The van der Waals surface area contributed by atoms with Gasteiger partial charge in [0, 0.05) is 19.8 Å². The lowest BCUT2D eigenvalue weighted by molar-refractivity contribution is 0.602. The Bertz CT molecular complexity index is 601. The molecule has 0 aliphatic carbocycles. The Hall–Kier alpha value is -1.33. The maximum atomic E-state index is 13.6. The van der Waals surface area contributed by atoms with E-state index in [-0.39, 0.29) is 11.7 Å². The average Bonchev–Trinajstić information content (AvgIpc) is 2.31. The van der Waals surface area contributed by atoms with Crippen LogP contribution in [-0.2, 0) is 0 Å². The molecule has 0 aliphatic heterocycles. The third kappa shape index (κ3) is 2.73. The first-order chi connectivity index (χ1) is 8.59. The Morgan fingerprint density at radius 1 is 1.11 bits per heavy atom. The van der Waals surface area contributed by atoms with E-state index in [0.29, 0.717) is 10.5 Å².